The van der Waals surface area contributed by atoms with E-state index >= 15 is 0 Å². The van der Waals surface area contributed by atoms with Crippen molar-refractivity contribution in [1.29, 1.82) is 0 Å². The summed E-state index contributed by atoms with van der Waals surface area (Å²) in [6.45, 7) is 2.40. The SMILES string of the molecule is CCCNC(=O)C1CN(S(=O)(=O)c2ccccc2)c2ccccc2O1. The molecule has 0 fully saturated rings. The summed E-state index contributed by atoms with van der Waals surface area (Å²) in [6, 6.07) is 15.0. The normalized spacial score (nSPS) is 16.7. The summed E-state index contributed by atoms with van der Waals surface area (Å²) in [4.78, 5) is 12.5. The molecule has 1 unspecified atom stereocenters. The minimum atomic E-state index is -3.79. The standard InChI is InChI=1S/C18H20N2O4S/c1-2-12-19-18(21)17-13-20(15-10-6-7-11-16(15)24-17)25(22,23)14-8-4-3-5-9-14/h3-11,17H,2,12-13H2,1H3,(H,19,21). The van der Waals surface area contributed by atoms with Crippen molar-refractivity contribution in [1.82, 2.24) is 5.32 Å². The molecule has 0 saturated heterocycles. The Labute approximate surface area is 147 Å². The first-order chi connectivity index (χ1) is 12.0. The number of carbonyl (C=O) groups excluding carboxylic acids is 1. The largest absolute Gasteiger partial charge is 0.476 e. The van der Waals surface area contributed by atoms with Crippen LogP contribution in [0, 0.1) is 0 Å². The van der Waals surface area contributed by atoms with Gasteiger partial charge in [0.1, 0.15) is 5.75 Å². The van der Waals surface area contributed by atoms with Gasteiger partial charge in [0.2, 0.25) is 0 Å². The Morgan fingerprint density at radius 3 is 2.56 bits per heavy atom. The summed E-state index contributed by atoms with van der Waals surface area (Å²) in [6.07, 6.45) is -0.0962. The third-order valence-electron chi connectivity index (χ3n) is 3.91. The van der Waals surface area contributed by atoms with E-state index in [9.17, 15) is 13.2 Å². The number of nitrogens with zero attached hydrogens (tertiary/aromatic N) is 1. The lowest BCUT2D eigenvalue weighted by atomic mass is 10.2. The maximum Gasteiger partial charge on any atom is 0.264 e. The summed E-state index contributed by atoms with van der Waals surface area (Å²) in [7, 11) is -3.79. The molecule has 1 atom stereocenters. The average Bonchev–Trinajstić information content (AvgIpc) is 2.65. The van der Waals surface area contributed by atoms with Gasteiger partial charge >= 0.3 is 0 Å². The van der Waals surface area contributed by atoms with Gasteiger partial charge < -0.3 is 10.1 Å². The maximum atomic E-state index is 13.1. The number of hydrogen-bond donors (Lipinski definition) is 1. The highest BCUT2D eigenvalue weighted by Gasteiger charge is 2.37. The van der Waals surface area contributed by atoms with Crippen LogP contribution in [0.5, 0.6) is 5.75 Å². The Kier molecular flexibility index (Phi) is 4.94. The highest BCUT2D eigenvalue weighted by molar-refractivity contribution is 7.92. The van der Waals surface area contributed by atoms with E-state index in [4.69, 9.17) is 4.74 Å². The van der Waals surface area contributed by atoms with Crippen molar-refractivity contribution in [2.24, 2.45) is 0 Å². The lowest BCUT2D eigenvalue weighted by molar-refractivity contribution is -0.127. The molecule has 0 saturated carbocycles. The average molecular weight is 360 g/mol. The van der Waals surface area contributed by atoms with Gasteiger partial charge in [-0.3, -0.25) is 9.10 Å². The van der Waals surface area contributed by atoms with Gasteiger partial charge in [0.15, 0.2) is 6.10 Å². The van der Waals surface area contributed by atoms with E-state index in [1.54, 1.807) is 54.6 Å². The van der Waals surface area contributed by atoms with Gasteiger partial charge in [0.05, 0.1) is 17.1 Å². The topological polar surface area (TPSA) is 75.7 Å². The number of sulfonamides is 1. The first-order valence-electron chi connectivity index (χ1n) is 8.15. The Bertz CT molecular complexity index is 852. The highest BCUT2D eigenvalue weighted by Crippen LogP contribution is 2.36. The Hall–Kier alpha value is -2.54. The fourth-order valence-corrected chi connectivity index (χ4v) is 4.15. The molecule has 132 valence electrons. The van der Waals surface area contributed by atoms with E-state index in [-0.39, 0.29) is 17.3 Å². The van der Waals surface area contributed by atoms with Gasteiger partial charge in [0.25, 0.3) is 15.9 Å². The molecule has 1 aliphatic heterocycles. The molecule has 0 aromatic heterocycles. The molecule has 2 aromatic rings. The Morgan fingerprint density at radius 2 is 1.84 bits per heavy atom. The monoisotopic (exact) mass is 360 g/mol. The molecule has 1 aliphatic rings. The lowest BCUT2D eigenvalue weighted by Gasteiger charge is -2.34. The van der Waals surface area contributed by atoms with Crippen molar-refractivity contribution >= 4 is 21.6 Å². The molecule has 1 amide bonds. The first-order valence-corrected chi connectivity index (χ1v) is 9.59. The second-order valence-electron chi connectivity index (χ2n) is 5.71. The van der Waals surface area contributed by atoms with Gasteiger partial charge in [-0.2, -0.15) is 0 Å². The van der Waals surface area contributed by atoms with Crippen molar-refractivity contribution in [3.63, 3.8) is 0 Å². The molecular formula is C18H20N2O4S. The lowest BCUT2D eigenvalue weighted by Crippen LogP contribution is -2.50. The fraction of sp³-hybridized carbons (Fsp3) is 0.278. The zero-order valence-corrected chi connectivity index (χ0v) is 14.7. The van der Waals surface area contributed by atoms with Crippen LogP contribution in [0.15, 0.2) is 59.5 Å². The summed E-state index contributed by atoms with van der Waals surface area (Å²) < 4.78 is 33.1. The summed E-state index contributed by atoms with van der Waals surface area (Å²) in [5.74, 6) is 0.0644. The number of nitrogens with one attached hydrogen (secondary N) is 1. The minimum Gasteiger partial charge on any atom is -0.476 e. The van der Waals surface area contributed by atoms with Crippen molar-refractivity contribution in [2.45, 2.75) is 24.3 Å². The predicted octanol–water partition coefficient (Wildman–Crippen LogP) is 2.17. The van der Waals surface area contributed by atoms with Crippen molar-refractivity contribution in [3.05, 3.63) is 54.6 Å². The van der Waals surface area contributed by atoms with E-state index < -0.39 is 16.1 Å². The number of hydrogen-bond acceptors (Lipinski definition) is 4. The highest BCUT2D eigenvalue weighted by atomic mass is 32.2. The second kappa shape index (κ2) is 7.14. The van der Waals surface area contributed by atoms with Crippen LogP contribution in [0.2, 0.25) is 0 Å². The van der Waals surface area contributed by atoms with Crippen molar-refractivity contribution < 1.29 is 17.9 Å². The molecule has 25 heavy (non-hydrogen) atoms. The molecule has 0 bridgehead atoms. The van der Waals surface area contributed by atoms with E-state index in [1.165, 1.54) is 4.31 Å². The van der Waals surface area contributed by atoms with Gasteiger partial charge in [-0.15, -0.1) is 0 Å². The number of ether oxygens (including phenoxy) is 1. The summed E-state index contributed by atoms with van der Waals surface area (Å²) in [5.41, 5.74) is 0.436. The van der Waals surface area contributed by atoms with Crippen molar-refractivity contribution in [2.75, 3.05) is 17.4 Å². The molecule has 1 heterocycles. The maximum absolute atomic E-state index is 13.1. The zero-order valence-electron chi connectivity index (χ0n) is 13.9. The smallest absolute Gasteiger partial charge is 0.264 e. The minimum absolute atomic E-state index is 0.0657. The number of anilines is 1. The Balaban J connectivity index is 1.98. The third-order valence-corrected chi connectivity index (χ3v) is 5.70. The third kappa shape index (κ3) is 3.46. The fourth-order valence-electron chi connectivity index (χ4n) is 2.65. The van der Waals surface area contributed by atoms with Gasteiger partial charge in [-0.25, -0.2) is 8.42 Å². The molecule has 1 N–H and O–H groups in total. The quantitative estimate of drug-likeness (QED) is 0.887. The molecular weight excluding hydrogens is 340 g/mol. The summed E-state index contributed by atoms with van der Waals surface area (Å²) >= 11 is 0. The van der Waals surface area contributed by atoms with Crippen LogP contribution in [0.4, 0.5) is 5.69 Å². The van der Waals surface area contributed by atoms with E-state index in [0.717, 1.165) is 6.42 Å². The van der Waals surface area contributed by atoms with Gasteiger partial charge in [0, 0.05) is 6.54 Å². The molecule has 0 spiro atoms. The van der Waals surface area contributed by atoms with Crippen LogP contribution in [0.1, 0.15) is 13.3 Å². The number of fused-ring (bicyclic) bond motifs is 1. The van der Waals surface area contributed by atoms with Gasteiger partial charge in [-0.1, -0.05) is 37.3 Å². The van der Waals surface area contributed by atoms with Gasteiger partial charge in [-0.05, 0) is 30.7 Å². The number of para-hydroxylation sites is 2. The van der Waals surface area contributed by atoms with Crippen molar-refractivity contribution in [3.8, 4) is 5.75 Å². The first kappa shape index (κ1) is 17.3. The van der Waals surface area contributed by atoms with Crippen LogP contribution in [-0.4, -0.2) is 33.5 Å². The molecule has 0 radical (unpaired) electrons. The zero-order chi connectivity index (χ0) is 17.9. The number of rotatable bonds is 5. The molecule has 3 rings (SSSR count). The Morgan fingerprint density at radius 1 is 1.16 bits per heavy atom. The molecule has 7 heteroatoms. The van der Waals surface area contributed by atoms with E-state index in [2.05, 4.69) is 5.32 Å². The molecule has 6 nitrogen and oxygen atoms in total. The van der Waals surface area contributed by atoms with Crippen LogP contribution in [0.3, 0.4) is 0 Å². The second-order valence-corrected chi connectivity index (χ2v) is 7.58. The number of amides is 1. The van der Waals surface area contributed by atoms with Crippen LogP contribution >= 0.6 is 0 Å². The van der Waals surface area contributed by atoms with E-state index in [1.807, 2.05) is 6.92 Å². The van der Waals surface area contributed by atoms with Crippen LogP contribution in [-0.2, 0) is 14.8 Å². The number of carbonyl (C=O) groups is 1. The molecule has 2 aromatic carbocycles. The van der Waals surface area contributed by atoms with E-state index in [0.29, 0.717) is 18.0 Å². The van der Waals surface area contributed by atoms with Crippen LogP contribution < -0.4 is 14.4 Å². The molecule has 0 aliphatic carbocycles. The summed E-state index contributed by atoms with van der Waals surface area (Å²) in [5, 5.41) is 2.76. The van der Waals surface area contributed by atoms with Crippen LogP contribution in [0.25, 0.3) is 0 Å². The predicted molar refractivity (Wildman–Crippen MR) is 95.1 cm³/mol. The number of benzene rings is 2.